The number of carbonyl (C=O) groups is 1. The Labute approximate surface area is 147 Å². The number of likely N-dealkylation sites (tertiary alicyclic amines) is 1. The van der Waals surface area contributed by atoms with E-state index >= 15 is 0 Å². The number of hydrogen-bond donors (Lipinski definition) is 2. The molecule has 1 aliphatic rings. The molecule has 128 valence electrons. The van der Waals surface area contributed by atoms with E-state index in [1.165, 1.54) is 16.9 Å². The van der Waals surface area contributed by atoms with Gasteiger partial charge in [-0.3, -0.25) is 9.78 Å². The normalized spacial score (nSPS) is 17.1. The second kappa shape index (κ2) is 6.64. The number of aromatic nitrogens is 4. The van der Waals surface area contributed by atoms with Crippen molar-refractivity contribution in [3.63, 3.8) is 0 Å². The zero-order chi connectivity index (χ0) is 17.2. The molecule has 0 radical (unpaired) electrons. The van der Waals surface area contributed by atoms with Crippen LogP contribution in [0.4, 0.5) is 0 Å². The minimum atomic E-state index is -0.354. The van der Waals surface area contributed by atoms with E-state index in [-0.39, 0.29) is 17.6 Å². The summed E-state index contributed by atoms with van der Waals surface area (Å²) in [5.74, 6) is 0.400. The third-order valence-corrected chi connectivity index (χ3v) is 5.17. The number of nitrogens with one attached hydrogen (secondary N) is 2. The second-order valence-corrected chi connectivity index (χ2v) is 6.95. The van der Waals surface area contributed by atoms with Crippen molar-refractivity contribution < 1.29 is 4.79 Å². The molecule has 2 aromatic heterocycles. The van der Waals surface area contributed by atoms with Gasteiger partial charge in [-0.2, -0.15) is 5.10 Å². The van der Waals surface area contributed by atoms with Gasteiger partial charge in [0, 0.05) is 18.3 Å². The van der Waals surface area contributed by atoms with Crippen LogP contribution in [0.5, 0.6) is 0 Å². The first kappa shape index (κ1) is 15.8. The molecule has 0 aliphatic carbocycles. The van der Waals surface area contributed by atoms with Crippen LogP contribution in [0.25, 0.3) is 0 Å². The molecular weight excluding hydrogens is 338 g/mol. The average molecular weight is 355 g/mol. The van der Waals surface area contributed by atoms with Crippen LogP contribution in [0.1, 0.15) is 45.8 Å². The first-order valence-corrected chi connectivity index (χ1v) is 9.02. The van der Waals surface area contributed by atoms with Crippen LogP contribution in [0.15, 0.2) is 40.5 Å². The number of hydrogen-bond acceptors (Lipinski definition) is 5. The smallest absolute Gasteiger partial charge is 0.327 e. The summed E-state index contributed by atoms with van der Waals surface area (Å²) in [5, 5.41) is 9.07. The maximum Gasteiger partial charge on any atom is 0.340 e. The molecule has 0 unspecified atom stereocenters. The van der Waals surface area contributed by atoms with Crippen molar-refractivity contribution in [2.24, 2.45) is 0 Å². The third kappa shape index (κ3) is 3.25. The fourth-order valence-corrected chi connectivity index (χ4v) is 3.95. The molecule has 1 saturated heterocycles. The van der Waals surface area contributed by atoms with Gasteiger partial charge in [-0.05, 0) is 18.4 Å². The highest BCUT2D eigenvalue weighted by atomic mass is 32.1. The molecule has 0 spiro atoms. The lowest BCUT2D eigenvalue weighted by Gasteiger charge is -2.21. The van der Waals surface area contributed by atoms with E-state index in [1.807, 2.05) is 35.7 Å². The SMILES string of the molecule is O=C(c1csc(Cc2ccccc2)n1)N1CCC[C@@H]1c1n[nH]c(=O)[nH]1. The van der Waals surface area contributed by atoms with E-state index in [1.54, 1.807) is 4.90 Å². The number of carbonyl (C=O) groups excluding carboxylic acids is 1. The van der Waals surface area contributed by atoms with Crippen molar-refractivity contribution in [1.29, 1.82) is 0 Å². The summed E-state index contributed by atoms with van der Waals surface area (Å²) >= 11 is 1.49. The van der Waals surface area contributed by atoms with Gasteiger partial charge in [0.25, 0.3) is 5.91 Å². The second-order valence-electron chi connectivity index (χ2n) is 6.01. The molecule has 1 amide bonds. The predicted octanol–water partition coefficient (Wildman–Crippen LogP) is 2.12. The van der Waals surface area contributed by atoms with Crippen molar-refractivity contribution in [2.45, 2.75) is 25.3 Å². The minimum absolute atomic E-state index is 0.109. The van der Waals surface area contributed by atoms with Gasteiger partial charge < -0.3 is 4.90 Å². The van der Waals surface area contributed by atoms with Gasteiger partial charge in [-0.15, -0.1) is 11.3 Å². The Morgan fingerprint density at radius 1 is 1.32 bits per heavy atom. The minimum Gasteiger partial charge on any atom is -0.327 e. The van der Waals surface area contributed by atoms with Crippen LogP contribution in [-0.4, -0.2) is 37.5 Å². The lowest BCUT2D eigenvalue weighted by atomic mass is 10.2. The number of benzene rings is 1. The van der Waals surface area contributed by atoms with Crippen LogP contribution in [-0.2, 0) is 6.42 Å². The van der Waals surface area contributed by atoms with Gasteiger partial charge in [0.05, 0.1) is 11.0 Å². The van der Waals surface area contributed by atoms with Crippen molar-refractivity contribution in [3.8, 4) is 0 Å². The molecule has 25 heavy (non-hydrogen) atoms. The Morgan fingerprint density at radius 3 is 2.92 bits per heavy atom. The molecule has 0 bridgehead atoms. The van der Waals surface area contributed by atoms with Gasteiger partial charge in [0.1, 0.15) is 5.69 Å². The van der Waals surface area contributed by atoms with Gasteiger partial charge in [0.2, 0.25) is 0 Å². The van der Waals surface area contributed by atoms with E-state index in [0.29, 0.717) is 18.1 Å². The van der Waals surface area contributed by atoms with Gasteiger partial charge >= 0.3 is 5.69 Å². The lowest BCUT2D eigenvalue weighted by Crippen LogP contribution is -2.31. The zero-order valence-corrected chi connectivity index (χ0v) is 14.3. The summed E-state index contributed by atoms with van der Waals surface area (Å²) in [4.78, 5) is 33.0. The number of amides is 1. The van der Waals surface area contributed by atoms with Crippen LogP contribution in [0.3, 0.4) is 0 Å². The quantitative estimate of drug-likeness (QED) is 0.749. The Hall–Kier alpha value is -2.74. The van der Waals surface area contributed by atoms with Crippen LogP contribution in [0.2, 0.25) is 0 Å². The monoisotopic (exact) mass is 355 g/mol. The third-order valence-electron chi connectivity index (χ3n) is 4.32. The first-order valence-electron chi connectivity index (χ1n) is 8.14. The van der Waals surface area contributed by atoms with Crippen LogP contribution < -0.4 is 5.69 Å². The maximum atomic E-state index is 12.8. The zero-order valence-electron chi connectivity index (χ0n) is 13.4. The number of H-pyrrole nitrogens is 2. The number of rotatable bonds is 4. The summed E-state index contributed by atoms with van der Waals surface area (Å²) in [7, 11) is 0. The molecule has 1 fully saturated rings. The Kier molecular flexibility index (Phi) is 4.19. The lowest BCUT2D eigenvalue weighted by molar-refractivity contribution is 0.0724. The van der Waals surface area contributed by atoms with E-state index in [2.05, 4.69) is 20.2 Å². The molecule has 1 atom stereocenters. The summed E-state index contributed by atoms with van der Waals surface area (Å²) in [6.07, 6.45) is 2.38. The highest BCUT2D eigenvalue weighted by Crippen LogP contribution is 2.31. The highest BCUT2D eigenvalue weighted by Gasteiger charge is 2.33. The molecule has 8 heteroatoms. The Morgan fingerprint density at radius 2 is 2.16 bits per heavy atom. The number of aromatic amines is 2. The van der Waals surface area contributed by atoms with Crippen LogP contribution in [0, 0.1) is 0 Å². The molecule has 3 heterocycles. The fraction of sp³-hybridized carbons (Fsp3) is 0.294. The Balaban J connectivity index is 1.51. The summed E-state index contributed by atoms with van der Waals surface area (Å²) in [6, 6.07) is 9.86. The topological polar surface area (TPSA) is 94.7 Å². The maximum absolute atomic E-state index is 12.8. The Bertz CT molecular complexity index is 930. The van der Waals surface area contributed by atoms with Crippen molar-refractivity contribution >= 4 is 17.2 Å². The number of nitrogens with zero attached hydrogens (tertiary/aromatic N) is 3. The molecule has 0 saturated carbocycles. The summed E-state index contributed by atoms with van der Waals surface area (Å²) < 4.78 is 0. The van der Waals surface area contributed by atoms with Crippen molar-refractivity contribution in [1.82, 2.24) is 25.1 Å². The van der Waals surface area contributed by atoms with E-state index < -0.39 is 0 Å². The van der Waals surface area contributed by atoms with Crippen LogP contribution >= 0.6 is 11.3 Å². The predicted molar refractivity (Wildman–Crippen MR) is 93.6 cm³/mol. The number of thiazole rings is 1. The average Bonchev–Trinajstić information content (AvgIpc) is 3.35. The molecule has 4 rings (SSSR count). The van der Waals surface area contributed by atoms with E-state index in [9.17, 15) is 9.59 Å². The van der Waals surface area contributed by atoms with Gasteiger partial charge in [0.15, 0.2) is 5.82 Å². The fourth-order valence-electron chi connectivity index (χ4n) is 3.14. The summed E-state index contributed by atoms with van der Waals surface area (Å²) in [5.41, 5.74) is 1.28. The van der Waals surface area contributed by atoms with Crippen molar-refractivity contribution in [3.05, 3.63) is 68.3 Å². The summed E-state index contributed by atoms with van der Waals surface area (Å²) in [6.45, 7) is 0.643. The largest absolute Gasteiger partial charge is 0.340 e. The molecule has 1 aromatic carbocycles. The van der Waals surface area contributed by atoms with Gasteiger partial charge in [-0.25, -0.2) is 14.9 Å². The van der Waals surface area contributed by atoms with E-state index in [0.717, 1.165) is 24.3 Å². The van der Waals surface area contributed by atoms with Gasteiger partial charge in [-0.1, -0.05) is 30.3 Å². The standard InChI is InChI=1S/C17H17N5O2S/c23-16(22-8-4-7-13(22)15-19-17(24)21-20-15)12-10-25-14(18-12)9-11-5-2-1-3-6-11/h1-3,5-6,10,13H,4,7-9H2,(H2,19,20,21,24)/t13-/m1/s1. The van der Waals surface area contributed by atoms with E-state index in [4.69, 9.17) is 0 Å². The molecular formula is C17H17N5O2S. The van der Waals surface area contributed by atoms with Crippen molar-refractivity contribution in [2.75, 3.05) is 6.54 Å². The molecule has 2 N–H and O–H groups in total. The molecule has 1 aliphatic heterocycles. The molecule has 3 aromatic rings. The molecule has 7 nitrogen and oxygen atoms in total. The first-order chi connectivity index (χ1) is 12.2. The highest BCUT2D eigenvalue weighted by molar-refractivity contribution is 7.09.